The second-order valence-electron chi connectivity index (χ2n) is 2.95. The molecule has 0 radical (unpaired) electrons. The van der Waals surface area contributed by atoms with E-state index in [-0.39, 0.29) is 6.04 Å². The van der Waals surface area contributed by atoms with Crippen molar-refractivity contribution in [1.29, 1.82) is 0 Å². The molecule has 0 saturated heterocycles. The minimum absolute atomic E-state index is 0.303. The van der Waals surface area contributed by atoms with Crippen LogP contribution in [0.2, 0.25) is 0 Å². The fourth-order valence-electron chi connectivity index (χ4n) is 1.29. The van der Waals surface area contributed by atoms with Crippen LogP contribution in [-0.4, -0.2) is 21.8 Å². The summed E-state index contributed by atoms with van der Waals surface area (Å²) in [7, 11) is 0. The molecule has 5 heteroatoms. The molecular weight excluding hydrogens is 168 g/mol. The van der Waals surface area contributed by atoms with E-state index in [1.165, 1.54) is 6.33 Å². The van der Waals surface area contributed by atoms with Gasteiger partial charge in [0, 0.05) is 0 Å². The van der Waals surface area contributed by atoms with Gasteiger partial charge in [0.15, 0.2) is 0 Å². The van der Waals surface area contributed by atoms with E-state index < -0.39 is 0 Å². The van der Waals surface area contributed by atoms with Crippen molar-refractivity contribution in [2.24, 2.45) is 5.73 Å². The summed E-state index contributed by atoms with van der Waals surface area (Å²) in [5, 5.41) is 6.47. The van der Waals surface area contributed by atoms with Crippen LogP contribution in [0.4, 0.5) is 0 Å². The fraction of sp³-hybridized carbons (Fsp3) is 0.500. The van der Waals surface area contributed by atoms with E-state index in [4.69, 9.17) is 10.5 Å². The molecule has 0 bridgehead atoms. The van der Waals surface area contributed by atoms with Gasteiger partial charge in [0.25, 0.3) is 0 Å². The number of aromatic amines is 1. The lowest BCUT2D eigenvalue weighted by Gasteiger charge is -2.18. The predicted molar refractivity (Wildman–Crippen MR) is 46.6 cm³/mol. The molecule has 70 valence electrons. The summed E-state index contributed by atoms with van der Waals surface area (Å²) in [6.45, 7) is 0.744. The number of ether oxygens (including phenoxy) is 1. The first-order chi connectivity index (χ1) is 6.38. The third-order valence-electron chi connectivity index (χ3n) is 2.00. The molecule has 1 aliphatic heterocycles. The van der Waals surface area contributed by atoms with Gasteiger partial charge in [-0.1, -0.05) is 0 Å². The first kappa shape index (κ1) is 8.25. The van der Waals surface area contributed by atoms with E-state index >= 15 is 0 Å². The number of nitrogens with one attached hydrogen (secondary N) is 1. The van der Waals surface area contributed by atoms with Gasteiger partial charge in [-0.3, -0.25) is 5.10 Å². The molecule has 0 amide bonds. The molecule has 0 aromatic carbocycles. The van der Waals surface area contributed by atoms with E-state index in [0.717, 1.165) is 25.2 Å². The second kappa shape index (κ2) is 3.57. The number of hydrogen-bond donors (Lipinski definition) is 2. The van der Waals surface area contributed by atoms with Crippen molar-refractivity contribution in [1.82, 2.24) is 15.2 Å². The number of aromatic nitrogens is 3. The summed E-state index contributed by atoms with van der Waals surface area (Å²) in [6, 6.07) is -0.303. The average Bonchev–Trinajstić information content (AvgIpc) is 2.71. The van der Waals surface area contributed by atoms with Gasteiger partial charge >= 0.3 is 0 Å². The molecule has 1 aromatic rings. The Morgan fingerprint density at radius 2 is 2.54 bits per heavy atom. The van der Waals surface area contributed by atoms with Crippen molar-refractivity contribution < 1.29 is 4.74 Å². The van der Waals surface area contributed by atoms with Crippen molar-refractivity contribution >= 4 is 0 Å². The highest BCUT2D eigenvalue weighted by atomic mass is 16.5. The van der Waals surface area contributed by atoms with Gasteiger partial charge in [0.2, 0.25) is 0 Å². The second-order valence-corrected chi connectivity index (χ2v) is 2.95. The molecule has 1 unspecified atom stereocenters. The van der Waals surface area contributed by atoms with Crippen LogP contribution in [-0.2, 0) is 4.74 Å². The molecular formula is C8H12N4O. The molecule has 0 saturated carbocycles. The number of nitrogens with two attached hydrogens (primary N) is 1. The van der Waals surface area contributed by atoms with Crippen molar-refractivity contribution in [2.45, 2.75) is 18.9 Å². The van der Waals surface area contributed by atoms with Crippen LogP contribution in [0.1, 0.15) is 24.7 Å². The smallest absolute Gasteiger partial charge is 0.148 e. The number of allylic oxidation sites excluding steroid dienone is 1. The lowest BCUT2D eigenvalue weighted by molar-refractivity contribution is 0.174. The van der Waals surface area contributed by atoms with E-state index in [1.54, 1.807) is 0 Å². The van der Waals surface area contributed by atoms with Gasteiger partial charge in [-0.15, -0.1) is 0 Å². The highest BCUT2D eigenvalue weighted by Crippen LogP contribution is 2.20. The van der Waals surface area contributed by atoms with Gasteiger partial charge in [-0.2, -0.15) is 5.10 Å². The Morgan fingerprint density at radius 1 is 1.62 bits per heavy atom. The number of nitrogens with zero attached hydrogens (tertiary/aromatic N) is 2. The summed E-state index contributed by atoms with van der Waals surface area (Å²) < 4.78 is 5.41. The molecule has 0 spiro atoms. The Morgan fingerprint density at radius 3 is 3.15 bits per heavy atom. The Labute approximate surface area is 76.0 Å². The van der Waals surface area contributed by atoms with Crippen molar-refractivity contribution in [3.63, 3.8) is 0 Å². The first-order valence-electron chi connectivity index (χ1n) is 4.31. The minimum Gasteiger partial charge on any atom is -0.496 e. The number of hydrogen-bond acceptors (Lipinski definition) is 4. The summed E-state index contributed by atoms with van der Waals surface area (Å²) in [4.78, 5) is 3.98. The zero-order valence-corrected chi connectivity index (χ0v) is 7.23. The maximum Gasteiger partial charge on any atom is 0.148 e. The van der Waals surface area contributed by atoms with Crippen LogP contribution in [0.15, 0.2) is 18.2 Å². The third-order valence-corrected chi connectivity index (χ3v) is 2.00. The summed E-state index contributed by atoms with van der Waals surface area (Å²) >= 11 is 0. The number of H-pyrrole nitrogens is 1. The molecule has 2 heterocycles. The molecule has 1 aromatic heterocycles. The van der Waals surface area contributed by atoms with Crippen LogP contribution in [0.5, 0.6) is 0 Å². The summed E-state index contributed by atoms with van der Waals surface area (Å²) in [5.41, 5.74) is 5.89. The maximum atomic E-state index is 5.89. The lowest BCUT2D eigenvalue weighted by atomic mass is 10.1. The van der Waals surface area contributed by atoms with E-state index in [9.17, 15) is 0 Å². The zero-order valence-electron chi connectivity index (χ0n) is 7.23. The molecule has 0 aliphatic carbocycles. The Hall–Kier alpha value is -1.36. The lowest BCUT2D eigenvalue weighted by Crippen LogP contribution is -2.19. The molecule has 5 nitrogen and oxygen atoms in total. The predicted octanol–water partition coefficient (Wildman–Crippen LogP) is 0.499. The maximum absolute atomic E-state index is 5.89. The van der Waals surface area contributed by atoms with Gasteiger partial charge in [0.1, 0.15) is 24.0 Å². The topological polar surface area (TPSA) is 76.8 Å². The van der Waals surface area contributed by atoms with Crippen molar-refractivity contribution in [3.8, 4) is 0 Å². The fourth-order valence-corrected chi connectivity index (χ4v) is 1.29. The average molecular weight is 180 g/mol. The third kappa shape index (κ3) is 1.70. The van der Waals surface area contributed by atoms with Crippen LogP contribution >= 0.6 is 0 Å². The van der Waals surface area contributed by atoms with Crippen LogP contribution in [0, 0.1) is 0 Å². The summed E-state index contributed by atoms with van der Waals surface area (Å²) in [6.07, 6.45) is 5.54. The van der Waals surface area contributed by atoms with E-state index in [0.29, 0.717) is 5.82 Å². The highest BCUT2D eigenvalue weighted by Gasteiger charge is 2.17. The molecule has 3 N–H and O–H groups in total. The molecule has 1 aliphatic rings. The van der Waals surface area contributed by atoms with E-state index in [1.807, 2.05) is 6.08 Å². The Balaban J connectivity index is 2.12. The first-order valence-corrected chi connectivity index (χ1v) is 4.31. The molecule has 1 atom stereocenters. The van der Waals surface area contributed by atoms with Crippen LogP contribution in [0.3, 0.4) is 0 Å². The molecule has 2 rings (SSSR count). The van der Waals surface area contributed by atoms with Gasteiger partial charge in [-0.05, 0) is 18.9 Å². The Bertz CT molecular complexity index is 293. The van der Waals surface area contributed by atoms with Crippen molar-refractivity contribution in [2.75, 3.05) is 6.61 Å². The van der Waals surface area contributed by atoms with Gasteiger partial charge in [0.05, 0.1) is 6.61 Å². The molecule has 13 heavy (non-hydrogen) atoms. The largest absolute Gasteiger partial charge is 0.496 e. The number of rotatable bonds is 2. The van der Waals surface area contributed by atoms with Crippen molar-refractivity contribution in [3.05, 3.63) is 24.0 Å². The normalized spacial score (nSPS) is 19.0. The summed E-state index contributed by atoms with van der Waals surface area (Å²) in [5.74, 6) is 1.44. The van der Waals surface area contributed by atoms with Crippen LogP contribution < -0.4 is 5.73 Å². The quantitative estimate of drug-likeness (QED) is 0.694. The minimum atomic E-state index is -0.303. The molecule has 0 fully saturated rings. The van der Waals surface area contributed by atoms with Gasteiger partial charge in [-0.25, -0.2) is 4.98 Å². The van der Waals surface area contributed by atoms with E-state index in [2.05, 4.69) is 15.2 Å². The van der Waals surface area contributed by atoms with Gasteiger partial charge < -0.3 is 10.5 Å². The standard InChI is InChI=1S/C8H12N4O/c9-7(8-10-5-11-12-8)6-3-1-2-4-13-6/h3,5,7H,1-2,4,9H2,(H,10,11,12). The van der Waals surface area contributed by atoms with Crippen LogP contribution in [0.25, 0.3) is 0 Å². The SMILES string of the molecule is NC(C1=CCCCO1)c1ncn[nH]1. The Kier molecular flexibility index (Phi) is 2.27. The highest BCUT2D eigenvalue weighted by molar-refractivity contribution is 5.11. The monoisotopic (exact) mass is 180 g/mol. The zero-order chi connectivity index (χ0) is 9.10.